The van der Waals surface area contributed by atoms with Crippen LogP contribution in [0.3, 0.4) is 0 Å². The zero-order valence-electron chi connectivity index (χ0n) is 19.1. The van der Waals surface area contributed by atoms with Crippen LogP contribution in [-0.4, -0.2) is 33.8 Å². The van der Waals surface area contributed by atoms with Crippen LogP contribution in [0.1, 0.15) is 46.5 Å². The van der Waals surface area contributed by atoms with Gasteiger partial charge in [0.2, 0.25) is 5.91 Å². The third-order valence-corrected chi connectivity index (χ3v) is 6.00. The summed E-state index contributed by atoms with van der Waals surface area (Å²) in [5, 5.41) is 7.65. The van der Waals surface area contributed by atoms with Crippen LogP contribution in [0.4, 0.5) is 5.82 Å². The lowest BCUT2D eigenvalue weighted by molar-refractivity contribution is -0.116. The third kappa shape index (κ3) is 5.25. The summed E-state index contributed by atoms with van der Waals surface area (Å²) in [7, 11) is 0. The monoisotopic (exact) mass is 429 g/mol. The fraction of sp³-hybridized carbons (Fsp3) is 0.346. The van der Waals surface area contributed by atoms with Gasteiger partial charge in [0.1, 0.15) is 5.82 Å². The Morgan fingerprint density at radius 3 is 2.56 bits per heavy atom. The number of hydrogen-bond donors (Lipinski definition) is 1. The minimum Gasteiger partial charge on any atom is -0.357 e. The van der Waals surface area contributed by atoms with Crippen LogP contribution >= 0.6 is 0 Å². The Kier molecular flexibility index (Phi) is 6.69. The van der Waals surface area contributed by atoms with Gasteiger partial charge in [-0.1, -0.05) is 29.8 Å². The van der Waals surface area contributed by atoms with Crippen LogP contribution in [-0.2, 0) is 17.9 Å². The van der Waals surface area contributed by atoms with Crippen molar-refractivity contribution in [1.29, 1.82) is 0 Å². The molecular weight excluding hydrogens is 398 g/mol. The smallest absolute Gasteiger partial charge is 0.244 e. The standard InChI is InChI=1S/C26H31N5O/c1-19-6-8-22(9-7-19)18-31-21(3)24(20(2)29-31)10-11-26(32)28-17-23-12-13-27-25(16-23)30-14-4-5-15-30/h6-13,16H,4-5,14-15,17-18H2,1-3H3,(H,28,32)/b11-10+. The maximum atomic E-state index is 12.4. The van der Waals surface area contributed by atoms with Crippen LogP contribution < -0.4 is 10.2 Å². The number of rotatable bonds is 7. The molecule has 166 valence electrons. The van der Waals surface area contributed by atoms with E-state index in [0.717, 1.165) is 41.4 Å². The number of aromatic nitrogens is 3. The van der Waals surface area contributed by atoms with E-state index in [9.17, 15) is 4.79 Å². The number of aryl methyl sites for hydroxylation is 2. The summed E-state index contributed by atoms with van der Waals surface area (Å²) in [5.41, 5.74) is 6.48. The van der Waals surface area contributed by atoms with E-state index in [1.165, 1.54) is 24.0 Å². The first-order chi connectivity index (χ1) is 15.5. The molecule has 0 spiro atoms. The zero-order valence-corrected chi connectivity index (χ0v) is 19.1. The van der Waals surface area contributed by atoms with Gasteiger partial charge in [-0.05, 0) is 62.9 Å². The maximum Gasteiger partial charge on any atom is 0.244 e. The molecular formula is C26H31N5O. The molecule has 6 heteroatoms. The average Bonchev–Trinajstić information content (AvgIpc) is 3.42. The Labute approximate surface area is 190 Å². The lowest BCUT2D eigenvalue weighted by atomic mass is 10.1. The first-order valence-corrected chi connectivity index (χ1v) is 11.2. The van der Waals surface area contributed by atoms with Crippen molar-refractivity contribution in [3.8, 4) is 0 Å². The Balaban J connectivity index is 1.37. The molecule has 0 saturated carbocycles. The number of hydrogen-bond acceptors (Lipinski definition) is 4. The van der Waals surface area contributed by atoms with Gasteiger partial charge in [-0.3, -0.25) is 9.48 Å². The van der Waals surface area contributed by atoms with Gasteiger partial charge in [-0.15, -0.1) is 0 Å². The summed E-state index contributed by atoms with van der Waals surface area (Å²) in [6, 6.07) is 12.5. The largest absolute Gasteiger partial charge is 0.357 e. The van der Waals surface area contributed by atoms with Crippen LogP contribution in [0, 0.1) is 20.8 Å². The molecule has 32 heavy (non-hydrogen) atoms. The summed E-state index contributed by atoms with van der Waals surface area (Å²) in [6.45, 7) is 9.42. The van der Waals surface area contributed by atoms with Gasteiger partial charge < -0.3 is 10.2 Å². The molecule has 1 aromatic carbocycles. The molecule has 1 fully saturated rings. The van der Waals surface area contributed by atoms with Crippen molar-refractivity contribution < 1.29 is 4.79 Å². The van der Waals surface area contributed by atoms with Gasteiger partial charge >= 0.3 is 0 Å². The van der Waals surface area contributed by atoms with Gasteiger partial charge in [0.15, 0.2) is 0 Å². The Morgan fingerprint density at radius 2 is 1.81 bits per heavy atom. The van der Waals surface area contributed by atoms with E-state index in [4.69, 9.17) is 0 Å². The summed E-state index contributed by atoms with van der Waals surface area (Å²) >= 11 is 0. The number of carbonyl (C=O) groups excluding carboxylic acids is 1. The molecule has 1 amide bonds. The van der Waals surface area contributed by atoms with Gasteiger partial charge in [0.25, 0.3) is 0 Å². The molecule has 1 aliphatic rings. The first kappa shape index (κ1) is 21.8. The molecule has 3 aromatic rings. The SMILES string of the molecule is Cc1ccc(Cn2nc(C)c(/C=C/C(=O)NCc3ccnc(N4CCCC4)c3)c2C)cc1. The van der Waals surface area contributed by atoms with Gasteiger partial charge in [0, 0.05) is 43.2 Å². The molecule has 4 rings (SSSR count). The lowest BCUT2D eigenvalue weighted by Gasteiger charge is -2.16. The second kappa shape index (κ2) is 9.81. The highest BCUT2D eigenvalue weighted by molar-refractivity contribution is 5.92. The van der Waals surface area contributed by atoms with E-state index >= 15 is 0 Å². The molecule has 1 saturated heterocycles. The molecule has 3 heterocycles. The Bertz CT molecular complexity index is 1110. The number of nitrogens with zero attached hydrogens (tertiary/aromatic N) is 4. The molecule has 2 aromatic heterocycles. The number of nitrogens with one attached hydrogen (secondary N) is 1. The van der Waals surface area contributed by atoms with Crippen LogP contribution in [0.2, 0.25) is 0 Å². The van der Waals surface area contributed by atoms with Crippen LogP contribution in [0.25, 0.3) is 6.08 Å². The van der Waals surface area contributed by atoms with Crippen molar-refractivity contribution in [2.45, 2.75) is 46.7 Å². The highest BCUT2D eigenvalue weighted by Crippen LogP contribution is 2.19. The molecule has 0 bridgehead atoms. The highest BCUT2D eigenvalue weighted by atomic mass is 16.1. The van der Waals surface area contributed by atoms with Gasteiger partial charge in [-0.25, -0.2) is 4.98 Å². The Morgan fingerprint density at radius 1 is 1.06 bits per heavy atom. The summed E-state index contributed by atoms with van der Waals surface area (Å²) in [4.78, 5) is 19.2. The van der Waals surface area contributed by atoms with Crippen LogP contribution in [0.15, 0.2) is 48.7 Å². The van der Waals surface area contributed by atoms with E-state index < -0.39 is 0 Å². The van der Waals surface area contributed by atoms with Crippen molar-refractivity contribution in [2.24, 2.45) is 0 Å². The van der Waals surface area contributed by atoms with E-state index in [1.807, 2.05) is 36.9 Å². The predicted molar refractivity (Wildman–Crippen MR) is 129 cm³/mol. The minimum absolute atomic E-state index is 0.116. The minimum atomic E-state index is -0.116. The number of carbonyl (C=O) groups is 1. The van der Waals surface area contributed by atoms with Crippen LogP contribution in [0.5, 0.6) is 0 Å². The lowest BCUT2D eigenvalue weighted by Crippen LogP contribution is -2.22. The summed E-state index contributed by atoms with van der Waals surface area (Å²) < 4.78 is 1.99. The molecule has 0 aliphatic carbocycles. The number of amides is 1. The molecule has 0 atom stereocenters. The molecule has 6 nitrogen and oxygen atoms in total. The van der Waals surface area contributed by atoms with E-state index in [0.29, 0.717) is 13.1 Å². The topological polar surface area (TPSA) is 63.1 Å². The van der Waals surface area contributed by atoms with Gasteiger partial charge in [-0.2, -0.15) is 5.10 Å². The predicted octanol–water partition coefficient (Wildman–Crippen LogP) is 4.18. The zero-order chi connectivity index (χ0) is 22.5. The molecule has 0 radical (unpaired) electrons. The third-order valence-electron chi connectivity index (χ3n) is 6.00. The molecule has 0 unspecified atom stereocenters. The number of anilines is 1. The number of benzene rings is 1. The van der Waals surface area contributed by atoms with Crippen molar-refractivity contribution in [3.63, 3.8) is 0 Å². The summed E-state index contributed by atoms with van der Waals surface area (Å²) in [5.74, 6) is 0.881. The molecule has 1 N–H and O–H groups in total. The van der Waals surface area contributed by atoms with E-state index in [1.54, 1.807) is 6.08 Å². The van der Waals surface area contributed by atoms with E-state index in [-0.39, 0.29) is 5.91 Å². The average molecular weight is 430 g/mol. The fourth-order valence-electron chi connectivity index (χ4n) is 4.07. The number of pyridine rings is 1. The summed E-state index contributed by atoms with van der Waals surface area (Å²) in [6.07, 6.45) is 7.71. The van der Waals surface area contributed by atoms with Crippen molar-refractivity contribution in [2.75, 3.05) is 18.0 Å². The van der Waals surface area contributed by atoms with Crippen molar-refractivity contribution in [3.05, 3.63) is 82.3 Å². The highest BCUT2D eigenvalue weighted by Gasteiger charge is 2.14. The normalized spacial score (nSPS) is 13.8. The quantitative estimate of drug-likeness (QED) is 0.572. The molecule has 1 aliphatic heterocycles. The van der Waals surface area contributed by atoms with Crippen molar-refractivity contribution >= 4 is 17.8 Å². The van der Waals surface area contributed by atoms with Gasteiger partial charge in [0.05, 0.1) is 12.2 Å². The van der Waals surface area contributed by atoms with E-state index in [2.05, 4.69) is 57.6 Å². The first-order valence-electron chi connectivity index (χ1n) is 11.2. The second-order valence-corrected chi connectivity index (χ2v) is 8.50. The fourth-order valence-corrected chi connectivity index (χ4v) is 4.07. The Hall–Kier alpha value is -3.41. The van der Waals surface area contributed by atoms with Crippen molar-refractivity contribution in [1.82, 2.24) is 20.1 Å². The maximum absolute atomic E-state index is 12.4. The second-order valence-electron chi connectivity index (χ2n) is 8.50.